The van der Waals surface area contributed by atoms with Crippen molar-refractivity contribution < 1.29 is 33.0 Å². The monoisotopic (exact) mass is 505 g/mol. The van der Waals surface area contributed by atoms with Crippen LogP contribution in [0.3, 0.4) is 0 Å². The first kappa shape index (κ1) is 26.1. The van der Waals surface area contributed by atoms with Gasteiger partial charge < -0.3 is 20.8 Å². The number of benzene rings is 2. The second kappa shape index (κ2) is 10.6. The molecule has 2 fully saturated rings. The number of nitrogens with one attached hydrogen (secondary N) is 2. The fourth-order valence-corrected chi connectivity index (χ4v) is 5.10. The normalized spacial score (nSPS) is 27.0. The van der Waals surface area contributed by atoms with Crippen LogP contribution in [0.2, 0.25) is 0 Å². The molecule has 1 heterocycles. The Morgan fingerprint density at radius 3 is 2.39 bits per heavy atom. The summed E-state index contributed by atoms with van der Waals surface area (Å²) in [4.78, 5) is 26.7. The van der Waals surface area contributed by atoms with E-state index in [9.17, 15) is 33.0 Å². The molecule has 1 saturated carbocycles. The number of hydrogen-bond acceptors (Lipinski definition) is 5. The van der Waals surface area contributed by atoms with Gasteiger partial charge in [0, 0.05) is 24.7 Å². The van der Waals surface area contributed by atoms with Crippen LogP contribution in [0.15, 0.2) is 54.6 Å². The molecule has 2 amide bonds. The molecule has 36 heavy (non-hydrogen) atoms. The van der Waals surface area contributed by atoms with Crippen molar-refractivity contribution >= 4 is 11.8 Å². The number of alkyl halides is 3. The van der Waals surface area contributed by atoms with Crippen LogP contribution in [0.25, 0.3) is 0 Å². The maximum atomic E-state index is 12.9. The number of likely N-dealkylation sites (tertiary alicyclic amines) is 1. The van der Waals surface area contributed by atoms with Crippen LogP contribution in [0.4, 0.5) is 13.2 Å². The first-order valence-corrected chi connectivity index (χ1v) is 12.0. The molecule has 2 aromatic carbocycles. The number of halogens is 3. The molecule has 194 valence electrons. The Bertz CT molecular complexity index is 1070. The Hall–Kier alpha value is -2.95. The van der Waals surface area contributed by atoms with Gasteiger partial charge in [-0.3, -0.25) is 14.5 Å². The molecule has 2 atom stereocenters. The van der Waals surface area contributed by atoms with Crippen molar-refractivity contribution in [1.82, 2.24) is 15.5 Å². The third-order valence-electron chi connectivity index (χ3n) is 7.14. The zero-order valence-corrected chi connectivity index (χ0v) is 19.7. The number of rotatable bonds is 6. The first-order valence-electron chi connectivity index (χ1n) is 12.0. The number of aliphatic hydroxyl groups excluding tert-OH is 1. The average molecular weight is 506 g/mol. The fraction of sp³-hybridized carbons (Fsp3) is 0.462. The van der Waals surface area contributed by atoms with E-state index in [1.807, 2.05) is 30.3 Å². The van der Waals surface area contributed by atoms with Gasteiger partial charge in [0.2, 0.25) is 5.91 Å². The molecular formula is C26H30F3N3O4. The van der Waals surface area contributed by atoms with Crippen LogP contribution in [-0.4, -0.2) is 64.7 Å². The SMILES string of the molecule is O=C(CNC(=O)c1cccc(C(F)(F)F)c1)N[C@H]1CN(C2CCC(O)(c3ccccc3)CC2)C[C@H]1O. The highest BCUT2D eigenvalue weighted by Gasteiger charge is 2.41. The topological polar surface area (TPSA) is 102 Å². The quantitative estimate of drug-likeness (QED) is 0.483. The largest absolute Gasteiger partial charge is 0.416 e. The highest BCUT2D eigenvalue weighted by Crippen LogP contribution is 2.39. The van der Waals surface area contributed by atoms with E-state index < -0.39 is 47.8 Å². The van der Waals surface area contributed by atoms with Gasteiger partial charge in [-0.1, -0.05) is 36.4 Å². The third-order valence-corrected chi connectivity index (χ3v) is 7.14. The van der Waals surface area contributed by atoms with Gasteiger partial charge in [-0.25, -0.2) is 0 Å². The first-order chi connectivity index (χ1) is 17.0. The third kappa shape index (κ3) is 6.05. The van der Waals surface area contributed by atoms with Gasteiger partial charge in [-0.05, 0) is 49.4 Å². The summed E-state index contributed by atoms with van der Waals surface area (Å²) in [5.74, 6) is -1.33. The van der Waals surface area contributed by atoms with Gasteiger partial charge in [0.05, 0.1) is 29.9 Å². The summed E-state index contributed by atoms with van der Waals surface area (Å²) in [6.07, 6.45) is -2.64. The van der Waals surface area contributed by atoms with Crippen LogP contribution < -0.4 is 10.6 Å². The lowest BCUT2D eigenvalue weighted by atomic mass is 9.77. The predicted octanol–water partition coefficient (Wildman–Crippen LogP) is 2.43. The van der Waals surface area contributed by atoms with Crippen molar-refractivity contribution in [3.05, 3.63) is 71.3 Å². The van der Waals surface area contributed by atoms with Crippen molar-refractivity contribution in [3.8, 4) is 0 Å². The van der Waals surface area contributed by atoms with Crippen LogP contribution in [0.1, 0.15) is 47.2 Å². The van der Waals surface area contributed by atoms with E-state index in [1.54, 1.807) is 0 Å². The Balaban J connectivity index is 1.25. The van der Waals surface area contributed by atoms with Crippen molar-refractivity contribution in [3.63, 3.8) is 0 Å². The van der Waals surface area contributed by atoms with E-state index in [0.717, 1.165) is 36.6 Å². The molecule has 0 spiro atoms. The smallest absolute Gasteiger partial charge is 0.390 e. The molecule has 0 unspecified atom stereocenters. The van der Waals surface area contributed by atoms with Crippen LogP contribution in [-0.2, 0) is 16.6 Å². The Kier molecular flexibility index (Phi) is 7.67. The average Bonchev–Trinajstić information content (AvgIpc) is 3.22. The molecule has 2 aliphatic rings. The fourth-order valence-electron chi connectivity index (χ4n) is 5.10. The summed E-state index contributed by atoms with van der Waals surface area (Å²) >= 11 is 0. The number of hydrogen-bond donors (Lipinski definition) is 4. The number of carbonyl (C=O) groups excluding carboxylic acids is 2. The van der Waals surface area contributed by atoms with Crippen molar-refractivity contribution in [2.45, 2.75) is 55.6 Å². The molecular weight excluding hydrogens is 475 g/mol. The molecule has 1 aliphatic carbocycles. The Morgan fingerprint density at radius 2 is 1.72 bits per heavy atom. The Labute approximate surface area is 207 Å². The van der Waals surface area contributed by atoms with Crippen molar-refractivity contribution in [2.75, 3.05) is 19.6 Å². The zero-order chi connectivity index (χ0) is 25.9. The summed E-state index contributed by atoms with van der Waals surface area (Å²) in [5, 5.41) is 26.6. The van der Waals surface area contributed by atoms with E-state index in [0.29, 0.717) is 25.9 Å². The van der Waals surface area contributed by atoms with Crippen molar-refractivity contribution in [1.29, 1.82) is 0 Å². The lowest BCUT2D eigenvalue weighted by molar-refractivity contribution is -0.137. The van der Waals surface area contributed by atoms with Gasteiger partial charge in [-0.15, -0.1) is 0 Å². The van der Waals surface area contributed by atoms with Gasteiger partial charge in [0.25, 0.3) is 5.91 Å². The highest BCUT2D eigenvalue weighted by atomic mass is 19.4. The molecule has 4 N–H and O–H groups in total. The van der Waals surface area contributed by atoms with E-state index in [-0.39, 0.29) is 11.6 Å². The second-order valence-corrected chi connectivity index (χ2v) is 9.59. The molecule has 0 bridgehead atoms. The minimum absolute atomic E-state index is 0.172. The van der Waals surface area contributed by atoms with E-state index in [1.165, 1.54) is 6.07 Å². The van der Waals surface area contributed by atoms with Crippen LogP contribution in [0.5, 0.6) is 0 Å². The van der Waals surface area contributed by atoms with Crippen molar-refractivity contribution in [2.24, 2.45) is 0 Å². The van der Waals surface area contributed by atoms with Gasteiger partial charge in [-0.2, -0.15) is 13.2 Å². The molecule has 2 aromatic rings. The second-order valence-electron chi connectivity index (χ2n) is 9.59. The predicted molar refractivity (Wildman–Crippen MR) is 126 cm³/mol. The summed E-state index contributed by atoms with van der Waals surface area (Å²) in [7, 11) is 0. The zero-order valence-electron chi connectivity index (χ0n) is 19.7. The van der Waals surface area contributed by atoms with Crippen LogP contribution in [0, 0.1) is 0 Å². The summed E-state index contributed by atoms with van der Waals surface area (Å²) in [6, 6.07) is 13.2. The van der Waals surface area contributed by atoms with E-state index in [4.69, 9.17) is 0 Å². The van der Waals surface area contributed by atoms with E-state index in [2.05, 4.69) is 15.5 Å². The molecule has 10 heteroatoms. The van der Waals surface area contributed by atoms with Gasteiger partial charge in [0.15, 0.2) is 0 Å². The molecule has 4 rings (SSSR count). The molecule has 1 aliphatic heterocycles. The number of amides is 2. The van der Waals surface area contributed by atoms with Crippen LogP contribution >= 0.6 is 0 Å². The Morgan fingerprint density at radius 1 is 1.03 bits per heavy atom. The standard InChI is InChI=1S/C26H30F3N3O4/c27-26(28,29)19-8-4-5-17(13-19)24(35)30-14-23(34)31-21-15-32(16-22(21)33)20-9-11-25(36,12-10-20)18-6-2-1-3-7-18/h1-8,13,20-22,33,36H,9-12,14-16H2,(H,30,35)(H,31,34)/t20?,21-,22+,25?/m0/s1. The summed E-state index contributed by atoms with van der Waals surface area (Å²) < 4.78 is 38.6. The minimum Gasteiger partial charge on any atom is -0.390 e. The number of β-amino-alcohol motifs (C(OH)–C–C–N with tert-alkyl or cyclic N) is 1. The maximum Gasteiger partial charge on any atom is 0.416 e. The minimum atomic E-state index is -4.57. The number of nitrogens with zero attached hydrogens (tertiary/aromatic N) is 1. The molecule has 0 aromatic heterocycles. The maximum absolute atomic E-state index is 12.9. The summed E-state index contributed by atoms with van der Waals surface area (Å²) in [6.45, 7) is 0.394. The highest BCUT2D eigenvalue weighted by molar-refractivity contribution is 5.96. The van der Waals surface area contributed by atoms with Gasteiger partial charge >= 0.3 is 6.18 Å². The van der Waals surface area contributed by atoms with E-state index >= 15 is 0 Å². The molecule has 7 nitrogen and oxygen atoms in total. The summed E-state index contributed by atoms with van der Waals surface area (Å²) in [5.41, 5.74) is -1.10. The number of carbonyl (C=O) groups is 2. The molecule has 1 saturated heterocycles. The van der Waals surface area contributed by atoms with Gasteiger partial charge in [0.1, 0.15) is 0 Å². The number of aliphatic hydroxyl groups is 2. The molecule has 0 radical (unpaired) electrons. The lowest BCUT2D eigenvalue weighted by Crippen LogP contribution is -2.47. The lowest BCUT2D eigenvalue weighted by Gasteiger charge is -2.40.